The molecule has 27 heavy (non-hydrogen) atoms. The highest BCUT2D eigenvalue weighted by Gasteiger charge is 2.30. The van der Waals surface area contributed by atoms with Crippen molar-refractivity contribution in [3.63, 3.8) is 0 Å². The van der Waals surface area contributed by atoms with E-state index in [1.807, 2.05) is 23.1 Å². The number of nitrogens with zero attached hydrogens (tertiary/aromatic N) is 1. The molecule has 148 valence electrons. The van der Waals surface area contributed by atoms with Gasteiger partial charge in [-0.25, -0.2) is 0 Å². The van der Waals surface area contributed by atoms with Gasteiger partial charge in [-0.2, -0.15) is 0 Å². The summed E-state index contributed by atoms with van der Waals surface area (Å²) < 4.78 is 16.0. The number of amides is 2. The summed E-state index contributed by atoms with van der Waals surface area (Å²) >= 11 is 0. The highest BCUT2D eigenvalue weighted by molar-refractivity contribution is 5.81. The third kappa shape index (κ3) is 4.91. The van der Waals surface area contributed by atoms with E-state index >= 15 is 0 Å². The van der Waals surface area contributed by atoms with Crippen LogP contribution in [0.5, 0.6) is 11.5 Å². The van der Waals surface area contributed by atoms with Gasteiger partial charge in [-0.1, -0.05) is 6.07 Å². The Morgan fingerprint density at radius 3 is 2.81 bits per heavy atom. The molecule has 0 spiro atoms. The first-order valence-corrected chi connectivity index (χ1v) is 9.48. The molecule has 2 aliphatic rings. The zero-order valence-electron chi connectivity index (χ0n) is 16.0. The molecule has 0 aliphatic carbocycles. The van der Waals surface area contributed by atoms with Gasteiger partial charge < -0.3 is 24.4 Å². The molecule has 2 unspecified atom stereocenters. The molecule has 2 fully saturated rings. The van der Waals surface area contributed by atoms with Crippen LogP contribution in [-0.2, 0) is 20.7 Å². The van der Waals surface area contributed by atoms with Crippen LogP contribution in [0, 0.1) is 5.92 Å². The molecule has 2 atom stereocenters. The van der Waals surface area contributed by atoms with Crippen molar-refractivity contribution in [2.45, 2.75) is 31.8 Å². The minimum atomic E-state index is -0.316. The van der Waals surface area contributed by atoms with Crippen molar-refractivity contribution in [3.8, 4) is 11.5 Å². The van der Waals surface area contributed by atoms with Crippen LogP contribution in [0.25, 0.3) is 0 Å². The predicted octanol–water partition coefficient (Wildman–Crippen LogP) is 1.39. The van der Waals surface area contributed by atoms with Crippen LogP contribution >= 0.6 is 0 Å². The second-order valence-corrected chi connectivity index (χ2v) is 7.10. The lowest BCUT2D eigenvalue weighted by atomic mass is 10.1. The van der Waals surface area contributed by atoms with E-state index in [4.69, 9.17) is 14.2 Å². The van der Waals surface area contributed by atoms with Gasteiger partial charge in [-0.15, -0.1) is 0 Å². The molecule has 0 bridgehead atoms. The maximum Gasteiger partial charge on any atom is 0.249 e. The van der Waals surface area contributed by atoms with Gasteiger partial charge in [0.25, 0.3) is 0 Å². The van der Waals surface area contributed by atoms with Crippen molar-refractivity contribution in [1.29, 1.82) is 0 Å². The van der Waals surface area contributed by atoms with Gasteiger partial charge in [0, 0.05) is 38.6 Å². The topological polar surface area (TPSA) is 77.1 Å². The van der Waals surface area contributed by atoms with Crippen molar-refractivity contribution in [1.82, 2.24) is 10.2 Å². The maximum atomic E-state index is 12.3. The average molecular weight is 376 g/mol. The number of nitrogens with one attached hydrogen (secondary N) is 1. The normalized spacial score (nSPS) is 22.1. The molecule has 2 amide bonds. The van der Waals surface area contributed by atoms with Crippen LogP contribution in [0.1, 0.15) is 24.8 Å². The Kier molecular flexibility index (Phi) is 6.55. The number of carbonyl (C=O) groups is 2. The van der Waals surface area contributed by atoms with Crippen molar-refractivity contribution >= 4 is 11.8 Å². The number of likely N-dealkylation sites (tertiary alicyclic amines) is 1. The molecular formula is C20H28N2O5. The second kappa shape index (κ2) is 9.08. The zero-order valence-corrected chi connectivity index (χ0v) is 16.0. The van der Waals surface area contributed by atoms with Gasteiger partial charge in [0.1, 0.15) is 6.10 Å². The fraction of sp³-hybridized carbons (Fsp3) is 0.600. The average Bonchev–Trinajstić information content (AvgIpc) is 3.34. The van der Waals surface area contributed by atoms with Gasteiger partial charge in [0.2, 0.25) is 11.8 Å². The van der Waals surface area contributed by atoms with E-state index < -0.39 is 0 Å². The molecule has 0 aromatic heterocycles. The minimum absolute atomic E-state index is 0.0521. The summed E-state index contributed by atoms with van der Waals surface area (Å²) in [6, 6.07) is 5.81. The molecule has 7 heteroatoms. The zero-order chi connectivity index (χ0) is 19.2. The minimum Gasteiger partial charge on any atom is -0.493 e. The number of hydrogen-bond donors (Lipinski definition) is 1. The molecule has 1 N–H and O–H groups in total. The Labute approximate surface area is 160 Å². The van der Waals surface area contributed by atoms with E-state index in [-0.39, 0.29) is 23.8 Å². The van der Waals surface area contributed by atoms with Crippen LogP contribution < -0.4 is 14.8 Å². The van der Waals surface area contributed by atoms with E-state index in [1.165, 1.54) is 0 Å². The number of carbonyl (C=O) groups excluding carboxylic acids is 2. The standard InChI is InChI=1S/C20H28N2O5/c1-25-16-6-5-14(10-18(16)26-2)7-8-22-13-15(11-19(22)23)12-21-20(24)17-4-3-9-27-17/h5-6,10,15,17H,3-4,7-9,11-13H2,1-2H3,(H,21,24). The predicted molar refractivity (Wildman–Crippen MR) is 99.9 cm³/mol. The number of hydrogen-bond acceptors (Lipinski definition) is 5. The van der Waals surface area contributed by atoms with Crippen LogP contribution in [0.3, 0.4) is 0 Å². The van der Waals surface area contributed by atoms with Gasteiger partial charge in [0.15, 0.2) is 11.5 Å². The van der Waals surface area contributed by atoms with E-state index in [9.17, 15) is 9.59 Å². The molecule has 7 nitrogen and oxygen atoms in total. The fourth-order valence-corrected chi connectivity index (χ4v) is 3.65. The molecule has 2 aliphatic heterocycles. The lowest BCUT2D eigenvalue weighted by Crippen LogP contribution is -2.37. The Morgan fingerprint density at radius 1 is 1.30 bits per heavy atom. The van der Waals surface area contributed by atoms with E-state index in [2.05, 4.69) is 5.32 Å². The third-order valence-corrected chi connectivity index (χ3v) is 5.20. The van der Waals surface area contributed by atoms with E-state index in [0.29, 0.717) is 44.2 Å². The highest BCUT2D eigenvalue weighted by atomic mass is 16.5. The first kappa shape index (κ1) is 19.5. The highest BCUT2D eigenvalue weighted by Crippen LogP contribution is 2.28. The lowest BCUT2D eigenvalue weighted by molar-refractivity contribution is -0.130. The first-order chi connectivity index (χ1) is 13.1. The van der Waals surface area contributed by atoms with Crippen LogP contribution in [0.2, 0.25) is 0 Å². The molecule has 3 rings (SSSR count). The summed E-state index contributed by atoms with van der Waals surface area (Å²) in [5.41, 5.74) is 1.09. The number of benzene rings is 1. The quantitative estimate of drug-likeness (QED) is 0.742. The summed E-state index contributed by atoms with van der Waals surface area (Å²) in [7, 11) is 3.22. The first-order valence-electron chi connectivity index (χ1n) is 9.48. The lowest BCUT2D eigenvalue weighted by Gasteiger charge is -2.18. The molecule has 0 radical (unpaired) electrons. The summed E-state index contributed by atoms with van der Waals surface area (Å²) in [6.45, 7) is 2.52. The summed E-state index contributed by atoms with van der Waals surface area (Å²) in [5.74, 6) is 1.64. The van der Waals surface area contributed by atoms with Gasteiger partial charge in [-0.3, -0.25) is 9.59 Å². The van der Waals surface area contributed by atoms with E-state index in [1.54, 1.807) is 14.2 Å². The Balaban J connectivity index is 1.46. The Hall–Kier alpha value is -2.28. The Bertz CT molecular complexity index is 672. The molecule has 2 heterocycles. The van der Waals surface area contributed by atoms with Crippen molar-refractivity contribution < 1.29 is 23.8 Å². The summed E-state index contributed by atoms with van der Waals surface area (Å²) in [6.07, 6.45) is 2.64. The van der Waals surface area contributed by atoms with E-state index in [0.717, 1.165) is 24.8 Å². The maximum absolute atomic E-state index is 12.3. The summed E-state index contributed by atoms with van der Waals surface area (Å²) in [5, 5.41) is 2.94. The largest absolute Gasteiger partial charge is 0.493 e. The molecule has 2 saturated heterocycles. The summed E-state index contributed by atoms with van der Waals surface area (Å²) in [4.78, 5) is 26.2. The number of methoxy groups -OCH3 is 2. The second-order valence-electron chi connectivity index (χ2n) is 7.10. The smallest absolute Gasteiger partial charge is 0.249 e. The molecule has 1 aromatic carbocycles. The monoisotopic (exact) mass is 376 g/mol. The van der Waals surface area contributed by atoms with Crippen LogP contribution in [-0.4, -0.2) is 63.3 Å². The molecule has 1 aromatic rings. The fourth-order valence-electron chi connectivity index (χ4n) is 3.65. The molecular weight excluding hydrogens is 348 g/mol. The van der Waals surface area contributed by atoms with Crippen molar-refractivity contribution in [3.05, 3.63) is 23.8 Å². The van der Waals surface area contributed by atoms with Gasteiger partial charge in [0.05, 0.1) is 14.2 Å². The number of ether oxygens (including phenoxy) is 3. The van der Waals surface area contributed by atoms with Gasteiger partial charge in [-0.05, 0) is 37.0 Å². The SMILES string of the molecule is COc1ccc(CCN2CC(CNC(=O)C3CCCO3)CC2=O)cc1OC. The Morgan fingerprint density at radius 2 is 2.11 bits per heavy atom. The van der Waals surface area contributed by atoms with Crippen molar-refractivity contribution in [2.75, 3.05) is 40.5 Å². The molecule has 0 saturated carbocycles. The van der Waals surface area contributed by atoms with Crippen LogP contribution in [0.15, 0.2) is 18.2 Å². The number of rotatable bonds is 8. The van der Waals surface area contributed by atoms with Crippen LogP contribution in [0.4, 0.5) is 0 Å². The third-order valence-electron chi connectivity index (χ3n) is 5.20. The van der Waals surface area contributed by atoms with Crippen molar-refractivity contribution in [2.24, 2.45) is 5.92 Å². The van der Waals surface area contributed by atoms with Gasteiger partial charge >= 0.3 is 0 Å².